The molecule has 0 unspecified atom stereocenters. The number of methoxy groups -OCH3 is 1. The second-order valence-electron chi connectivity index (χ2n) is 3.56. The number of ether oxygens (including phenoxy) is 1. The Morgan fingerprint density at radius 2 is 2.28 bits per heavy atom. The monoisotopic (exact) mass is 264 g/mol. The second kappa shape index (κ2) is 6.92. The lowest BCUT2D eigenvalue weighted by molar-refractivity contribution is -0.138. The molecule has 0 amide bonds. The molecule has 0 aliphatic heterocycles. The van der Waals surface area contributed by atoms with Gasteiger partial charge in [-0.25, -0.2) is 0 Å². The summed E-state index contributed by atoms with van der Waals surface area (Å²) in [5.41, 5.74) is 1.38. The van der Waals surface area contributed by atoms with E-state index in [1.165, 1.54) is 18.9 Å². The minimum atomic E-state index is -0.310. The highest BCUT2D eigenvalue weighted by Gasteiger charge is 2.15. The quantitative estimate of drug-likeness (QED) is 0.603. The molecule has 0 N–H and O–H groups in total. The summed E-state index contributed by atoms with van der Waals surface area (Å²) in [6.07, 6.45) is 1.93. The summed E-state index contributed by atoms with van der Waals surface area (Å²) in [6.45, 7) is 2.73. The van der Waals surface area contributed by atoms with Crippen LogP contribution in [0.1, 0.15) is 12.5 Å². The minimum Gasteiger partial charge on any atom is -0.468 e. The SMILES string of the molecule is CCN(CC(=O)OC)c1cccc(SC)c1C#N. The predicted octanol–water partition coefficient (Wildman–Crippen LogP) is 2.28. The zero-order valence-electron chi connectivity index (χ0n) is 10.8. The highest BCUT2D eigenvalue weighted by atomic mass is 32.2. The number of rotatable bonds is 5. The maximum absolute atomic E-state index is 11.4. The van der Waals surface area contributed by atoms with E-state index in [-0.39, 0.29) is 12.5 Å². The number of carbonyl (C=O) groups excluding carboxylic acids is 1. The predicted molar refractivity (Wildman–Crippen MR) is 72.8 cm³/mol. The zero-order valence-corrected chi connectivity index (χ0v) is 11.6. The standard InChI is InChI=1S/C13H16N2O2S/c1-4-15(9-13(16)17-2)11-6-5-7-12(18-3)10(11)8-14/h5-7H,4,9H2,1-3H3. The van der Waals surface area contributed by atoms with Gasteiger partial charge >= 0.3 is 5.97 Å². The van der Waals surface area contributed by atoms with Crippen molar-refractivity contribution in [2.75, 3.05) is 31.4 Å². The highest BCUT2D eigenvalue weighted by molar-refractivity contribution is 7.98. The Morgan fingerprint density at radius 1 is 1.56 bits per heavy atom. The Kier molecular flexibility index (Phi) is 5.53. The summed E-state index contributed by atoms with van der Waals surface area (Å²) >= 11 is 1.52. The minimum absolute atomic E-state index is 0.152. The average Bonchev–Trinajstić information content (AvgIpc) is 2.43. The molecule has 0 saturated heterocycles. The van der Waals surface area contributed by atoms with Gasteiger partial charge in [0.05, 0.1) is 18.4 Å². The van der Waals surface area contributed by atoms with E-state index in [1.54, 1.807) is 0 Å². The summed E-state index contributed by atoms with van der Waals surface area (Å²) in [5, 5.41) is 9.26. The molecule has 0 radical (unpaired) electrons. The number of nitriles is 1. The van der Waals surface area contributed by atoms with Gasteiger partial charge in [-0.2, -0.15) is 5.26 Å². The highest BCUT2D eigenvalue weighted by Crippen LogP contribution is 2.28. The van der Waals surface area contributed by atoms with Gasteiger partial charge in [-0.1, -0.05) is 6.07 Å². The van der Waals surface area contributed by atoms with Crippen molar-refractivity contribution in [3.05, 3.63) is 23.8 Å². The van der Waals surface area contributed by atoms with Crippen LogP contribution >= 0.6 is 11.8 Å². The number of hydrogen-bond acceptors (Lipinski definition) is 5. The van der Waals surface area contributed by atoms with Crippen LogP contribution in [0.2, 0.25) is 0 Å². The molecule has 0 aliphatic carbocycles. The van der Waals surface area contributed by atoms with Gasteiger partial charge < -0.3 is 9.64 Å². The molecule has 1 aromatic rings. The average molecular weight is 264 g/mol. The summed E-state index contributed by atoms with van der Waals surface area (Å²) in [4.78, 5) is 14.1. The van der Waals surface area contributed by atoms with Crippen molar-refractivity contribution in [2.45, 2.75) is 11.8 Å². The Bertz CT molecular complexity index is 469. The van der Waals surface area contributed by atoms with Gasteiger partial charge in [0.15, 0.2) is 0 Å². The third-order valence-corrected chi connectivity index (χ3v) is 3.39. The topological polar surface area (TPSA) is 53.3 Å². The van der Waals surface area contributed by atoms with Crippen molar-refractivity contribution >= 4 is 23.4 Å². The molecule has 0 aromatic heterocycles. The number of nitrogens with zero attached hydrogens (tertiary/aromatic N) is 2. The number of carbonyl (C=O) groups is 1. The fraction of sp³-hybridized carbons (Fsp3) is 0.385. The Hall–Kier alpha value is -1.67. The van der Waals surface area contributed by atoms with Crippen LogP contribution in [0.5, 0.6) is 0 Å². The summed E-state index contributed by atoms with van der Waals surface area (Å²) in [7, 11) is 1.36. The Balaban J connectivity index is 3.13. The van der Waals surface area contributed by atoms with E-state index in [0.717, 1.165) is 10.6 Å². The van der Waals surface area contributed by atoms with Gasteiger partial charge in [0, 0.05) is 11.4 Å². The lowest BCUT2D eigenvalue weighted by Crippen LogP contribution is -2.30. The second-order valence-corrected chi connectivity index (χ2v) is 4.40. The molecule has 0 aliphatic rings. The van der Waals surface area contributed by atoms with Crippen molar-refractivity contribution in [3.63, 3.8) is 0 Å². The molecule has 5 heteroatoms. The van der Waals surface area contributed by atoms with Gasteiger partial charge in [0.25, 0.3) is 0 Å². The van der Waals surface area contributed by atoms with Crippen LogP contribution in [0, 0.1) is 11.3 Å². The number of thioether (sulfide) groups is 1. The third kappa shape index (κ3) is 3.17. The molecule has 96 valence electrons. The molecule has 0 heterocycles. The normalized spacial score (nSPS) is 9.67. The largest absolute Gasteiger partial charge is 0.468 e. The first kappa shape index (κ1) is 14.4. The molecule has 18 heavy (non-hydrogen) atoms. The smallest absolute Gasteiger partial charge is 0.325 e. The van der Waals surface area contributed by atoms with E-state index < -0.39 is 0 Å². The molecule has 4 nitrogen and oxygen atoms in total. The van der Waals surface area contributed by atoms with Crippen LogP contribution in [-0.2, 0) is 9.53 Å². The number of benzene rings is 1. The maximum Gasteiger partial charge on any atom is 0.325 e. The zero-order chi connectivity index (χ0) is 13.5. The lowest BCUT2D eigenvalue weighted by atomic mass is 10.1. The number of anilines is 1. The first-order chi connectivity index (χ1) is 8.67. The van der Waals surface area contributed by atoms with E-state index in [1.807, 2.05) is 36.3 Å². The number of esters is 1. The van der Waals surface area contributed by atoms with E-state index in [2.05, 4.69) is 10.8 Å². The molecule has 1 aromatic carbocycles. The Labute approximate surface area is 112 Å². The van der Waals surface area contributed by atoms with Crippen LogP contribution in [0.25, 0.3) is 0 Å². The van der Waals surface area contributed by atoms with Gasteiger partial charge in [0.1, 0.15) is 12.6 Å². The van der Waals surface area contributed by atoms with Gasteiger partial charge in [-0.05, 0) is 25.3 Å². The molecule has 0 atom stereocenters. The van der Waals surface area contributed by atoms with Crippen molar-refractivity contribution in [3.8, 4) is 6.07 Å². The van der Waals surface area contributed by atoms with Crippen LogP contribution in [0.15, 0.2) is 23.1 Å². The molecular formula is C13H16N2O2S. The molecule has 0 saturated carbocycles. The van der Waals surface area contributed by atoms with E-state index in [0.29, 0.717) is 12.1 Å². The van der Waals surface area contributed by atoms with E-state index >= 15 is 0 Å². The van der Waals surface area contributed by atoms with Crippen molar-refractivity contribution in [1.29, 1.82) is 5.26 Å². The summed E-state index contributed by atoms with van der Waals surface area (Å²) < 4.78 is 4.67. The first-order valence-corrected chi connectivity index (χ1v) is 6.79. The molecular weight excluding hydrogens is 248 g/mol. The van der Waals surface area contributed by atoms with Crippen molar-refractivity contribution in [2.24, 2.45) is 0 Å². The maximum atomic E-state index is 11.4. The van der Waals surface area contributed by atoms with Gasteiger partial charge in [-0.3, -0.25) is 4.79 Å². The molecule has 0 fully saturated rings. The summed E-state index contributed by atoms with van der Waals surface area (Å²) in [6, 6.07) is 7.85. The Morgan fingerprint density at radius 3 is 2.78 bits per heavy atom. The molecule has 0 spiro atoms. The molecule has 1 rings (SSSR count). The van der Waals surface area contributed by atoms with E-state index in [9.17, 15) is 10.1 Å². The van der Waals surface area contributed by atoms with Crippen LogP contribution in [0.3, 0.4) is 0 Å². The molecule has 0 bridgehead atoms. The number of likely N-dealkylation sites (N-methyl/N-ethyl adjacent to an activating group) is 1. The van der Waals surface area contributed by atoms with Crippen molar-refractivity contribution < 1.29 is 9.53 Å². The van der Waals surface area contributed by atoms with Crippen molar-refractivity contribution in [1.82, 2.24) is 0 Å². The van der Waals surface area contributed by atoms with Gasteiger partial charge in [-0.15, -0.1) is 11.8 Å². The van der Waals surface area contributed by atoms with Gasteiger partial charge in [0.2, 0.25) is 0 Å². The summed E-state index contributed by atoms with van der Waals surface area (Å²) in [5.74, 6) is -0.310. The third-order valence-electron chi connectivity index (χ3n) is 2.61. The fourth-order valence-corrected chi connectivity index (χ4v) is 2.22. The first-order valence-electron chi connectivity index (χ1n) is 5.56. The fourth-order valence-electron chi connectivity index (χ4n) is 1.65. The number of hydrogen-bond donors (Lipinski definition) is 0. The van der Waals surface area contributed by atoms with Crippen LogP contribution in [-0.4, -0.2) is 32.4 Å². The van der Waals surface area contributed by atoms with E-state index in [4.69, 9.17) is 0 Å². The van der Waals surface area contributed by atoms with Crippen LogP contribution in [0.4, 0.5) is 5.69 Å². The van der Waals surface area contributed by atoms with Crippen LogP contribution < -0.4 is 4.90 Å². The lowest BCUT2D eigenvalue weighted by Gasteiger charge is -2.23.